The highest BCUT2D eigenvalue weighted by Gasteiger charge is 2.58. The van der Waals surface area contributed by atoms with E-state index < -0.39 is 0 Å². The second kappa shape index (κ2) is 5.21. The van der Waals surface area contributed by atoms with E-state index in [-0.39, 0.29) is 0 Å². The first-order valence-corrected chi connectivity index (χ1v) is 9.88. The molecule has 4 fully saturated rings. The van der Waals surface area contributed by atoms with Crippen LogP contribution in [0.2, 0.25) is 0 Å². The maximum Gasteiger partial charge on any atom is 0.0209 e. The Kier molecular flexibility index (Phi) is 3.66. The van der Waals surface area contributed by atoms with Crippen molar-refractivity contribution < 1.29 is 0 Å². The average Bonchev–Trinajstić information content (AvgIpc) is 2.48. The number of likely N-dealkylation sites (tertiary alicyclic amines) is 2. The molecule has 4 rings (SSSR count). The molecule has 0 amide bonds. The Balaban J connectivity index is 1.65. The number of piperidine rings is 2. The zero-order valence-electron chi connectivity index (χ0n) is 15.3. The second-order valence-corrected chi connectivity index (χ2v) is 9.52. The highest BCUT2D eigenvalue weighted by molar-refractivity contribution is 5.10. The predicted octanol–water partition coefficient (Wildman–Crippen LogP) is 4.01. The Morgan fingerprint density at radius 3 is 2.45 bits per heavy atom. The van der Waals surface area contributed by atoms with Gasteiger partial charge in [-0.15, -0.1) is 0 Å². The van der Waals surface area contributed by atoms with Crippen LogP contribution in [0.1, 0.15) is 65.2 Å². The first kappa shape index (κ1) is 15.4. The van der Waals surface area contributed by atoms with Crippen LogP contribution in [-0.4, -0.2) is 48.6 Å². The average molecular weight is 305 g/mol. The third-order valence-corrected chi connectivity index (χ3v) is 8.81. The summed E-state index contributed by atoms with van der Waals surface area (Å²) in [4.78, 5) is 5.43. The molecular weight excluding hydrogens is 268 g/mol. The molecule has 0 aromatic heterocycles. The molecule has 4 aliphatic rings. The Morgan fingerprint density at radius 2 is 1.64 bits per heavy atom. The molecule has 2 aliphatic heterocycles. The van der Waals surface area contributed by atoms with Gasteiger partial charge in [0.1, 0.15) is 0 Å². The monoisotopic (exact) mass is 304 g/mol. The third kappa shape index (κ3) is 1.99. The van der Waals surface area contributed by atoms with Crippen LogP contribution < -0.4 is 0 Å². The molecule has 6 atom stereocenters. The Bertz CT molecular complexity index is 435. The number of hydrogen-bond donors (Lipinski definition) is 0. The van der Waals surface area contributed by atoms with E-state index in [1.54, 1.807) is 0 Å². The van der Waals surface area contributed by atoms with E-state index in [2.05, 4.69) is 37.7 Å². The summed E-state index contributed by atoms with van der Waals surface area (Å²) in [6.07, 6.45) is 11.7. The van der Waals surface area contributed by atoms with Crippen molar-refractivity contribution in [1.29, 1.82) is 0 Å². The molecule has 2 nitrogen and oxygen atoms in total. The van der Waals surface area contributed by atoms with E-state index in [1.165, 1.54) is 64.5 Å². The fourth-order valence-corrected chi connectivity index (χ4v) is 7.48. The molecule has 2 saturated heterocycles. The van der Waals surface area contributed by atoms with Crippen molar-refractivity contribution in [1.82, 2.24) is 9.80 Å². The highest BCUT2D eigenvalue weighted by Crippen LogP contribution is 2.61. The number of fused-ring (bicyclic) bond motifs is 5. The fourth-order valence-electron chi connectivity index (χ4n) is 7.48. The Morgan fingerprint density at radius 1 is 0.818 bits per heavy atom. The highest BCUT2D eigenvalue weighted by atomic mass is 15.2. The van der Waals surface area contributed by atoms with Gasteiger partial charge in [-0.05, 0) is 109 Å². The molecule has 0 radical (unpaired) electrons. The van der Waals surface area contributed by atoms with Crippen LogP contribution >= 0.6 is 0 Å². The summed E-state index contributed by atoms with van der Waals surface area (Å²) in [5.74, 6) is 2.97. The van der Waals surface area contributed by atoms with Crippen molar-refractivity contribution in [3.63, 3.8) is 0 Å². The lowest BCUT2D eigenvalue weighted by Gasteiger charge is -2.64. The van der Waals surface area contributed by atoms with Gasteiger partial charge in [0.15, 0.2) is 0 Å². The van der Waals surface area contributed by atoms with Crippen LogP contribution in [0.5, 0.6) is 0 Å². The molecule has 22 heavy (non-hydrogen) atoms. The van der Waals surface area contributed by atoms with Crippen molar-refractivity contribution in [2.75, 3.05) is 27.2 Å². The molecule has 0 aromatic rings. The maximum atomic E-state index is 2.72. The van der Waals surface area contributed by atoms with E-state index >= 15 is 0 Å². The van der Waals surface area contributed by atoms with Gasteiger partial charge in [-0.2, -0.15) is 0 Å². The van der Waals surface area contributed by atoms with Crippen LogP contribution in [0.15, 0.2) is 0 Å². The van der Waals surface area contributed by atoms with Gasteiger partial charge in [-0.25, -0.2) is 0 Å². The predicted molar refractivity (Wildman–Crippen MR) is 93.0 cm³/mol. The van der Waals surface area contributed by atoms with Gasteiger partial charge < -0.3 is 9.80 Å². The first-order valence-electron chi connectivity index (χ1n) is 9.88. The lowest BCUT2D eigenvalue weighted by Crippen LogP contribution is -2.65. The summed E-state index contributed by atoms with van der Waals surface area (Å²) in [7, 11) is 4.79. The largest absolute Gasteiger partial charge is 0.303 e. The molecule has 6 unspecified atom stereocenters. The van der Waals surface area contributed by atoms with Crippen LogP contribution in [0.4, 0.5) is 0 Å². The fraction of sp³-hybridized carbons (Fsp3) is 1.00. The summed E-state index contributed by atoms with van der Waals surface area (Å²) in [6, 6.07) is 0.869. The smallest absolute Gasteiger partial charge is 0.0209 e. The van der Waals surface area contributed by atoms with E-state index in [4.69, 9.17) is 0 Å². The molecule has 2 heteroatoms. The van der Waals surface area contributed by atoms with E-state index in [1.807, 2.05) is 0 Å². The van der Waals surface area contributed by atoms with Crippen molar-refractivity contribution in [3.8, 4) is 0 Å². The van der Waals surface area contributed by atoms with Crippen molar-refractivity contribution in [3.05, 3.63) is 0 Å². The summed E-state index contributed by atoms with van der Waals surface area (Å²) >= 11 is 0. The Hall–Kier alpha value is -0.0800. The molecule has 0 aromatic carbocycles. The Labute approximate surface area is 137 Å². The van der Waals surface area contributed by atoms with Gasteiger partial charge in [-0.3, -0.25) is 0 Å². The normalized spacial score (nSPS) is 53.5. The van der Waals surface area contributed by atoms with Gasteiger partial charge >= 0.3 is 0 Å². The number of rotatable bonds is 0. The maximum absolute atomic E-state index is 2.72. The van der Waals surface area contributed by atoms with Gasteiger partial charge in [0.05, 0.1) is 0 Å². The van der Waals surface area contributed by atoms with Crippen molar-refractivity contribution >= 4 is 0 Å². The van der Waals surface area contributed by atoms with Crippen LogP contribution in [0.3, 0.4) is 0 Å². The van der Waals surface area contributed by atoms with Gasteiger partial charge in [-0.1, -0.05) is 6.92 Å². The van der Waals surface area contributed by atoms with Gasteiger partial charge in [0.25, 0.3) is 0 Å². The minimum atomic E-state index is 0.503. The van der Waals surface area contributed by atoms with Gasteiger partial charge in [0, 0.05) is 11.6 Å². The summed E-state index contributed by atoms with van der Waals surface area (Å²) < 4.78 is 0. The zero-order chi connectivity index (χ0) is 15.5. The van der Waals surface area contributed by atoms with Crippen molar-refractivity contribution in [2.24, 2.45) is 23.2 Å². The van der Waals surface area contributed by atoms with E-state index in [0.29, 0.717) is 11.0 Å². The van der Waals surface area contributed by atoms with E-state index in [0.717, 1.165) is 23.8 Å². The second-order valence-electron chi connectivity index (χ2n) is 9.52. The third-order valence-electron chi connectivity index (χ3n) is 8.81. The molecule has 2 aliphatic carbocycles. The lowest BCUT2D eigenvalue weighted by molar-refractivity contribution is -0.142. The molecule has 0 spiro atoms. The molecule has 2 heterocycles. The topological polar surface area (TPSA) is 6.48 Å². The van der Waals surface area contributed by atoms with Crippen molar-refractivity contribution in [2.45, 2.75) is 76.8 Å². The van der Waals surface area contributed by atoms with Gasteiger partial charge in [0.2, 0.25) is 0 Å². The minimum Gasteiger partial charge on any atom is -0.303 e. The lowest BCUT2D eigenvalue weighted by atomic mass is 9.47. The van der Waals surface area contributed by atoms with Crippen LogP contribution in [0.25, 0.3) is 0 Å². The van der Waals surface area contributed by atoms with Crippen LogP contribution in [-0.2, 0) is 0 Å². The minimum absolute atomic E-state index is 0.503. The summed E-state index contributed by atoms with van der Waals surface area (Å²) in [5, 5.41) is 0. The quantitative estimate of drug-likeness (QED) is 0.667. The van der Waals surface area contributed by atoms with E-state index in [9.17, 15) is 0 Å². The number of hydrogen-bond acceptors (Lipinski definition) is 2. The molecule has 126 valence electrons. The van der Waals surface area contributed by atoms with Crippen LogP contribution in [0, 0.1) is 23.2 Å². The summed E-state index contributed by atoms with van der Waals surface area (Å²) in [6.45, 7) is 7.92. The molecule has 0 N–H and O–H groups in total. The number of nitrogens with zero attached hydrogens (tertiary/aromatic N) is 2. The molecular formula is C20H36N2. The summed E-state index contributed by atoms with van der Waals surface area (Å²) in [5.41, 5.74) is 1.11. The SMILES string of the molecule is CN1CCCC2(C)C3CCC4(C)C(CCCN4C)C3CCC12. The molecule has 0 bridgehead atoms. The molecule has 2 saturated carbocycles. The zero-order valence-corrected chi connectivity index (χ0v) is 15.3. The first-order chi connectivity index (χ1) is 10.5. The standard InChI is InChI=1S/C20H36N2/c1-19-11-6-13-21(3)18(19)9-8-15-16(19)10-12-20(2)17(15)7-5-14-22(20)4/h15-18H,5-14H2,1-4H3.